The second kappa shape index (κ2) is 7.08. The van der Waals surface area contributed by atoms with Crippen molar-refractivity contribution in [2.24, 2.45) is 0 Å². The molecule has 6 heteroatoms. The number of furan rings is 1. The Morgan fingerprint density at radius 2 is 2.55 bits per heavy atom. The Morgan fingerprint density at radius 3 is 3.25 bits per heavy atom. The van der Waals surface area contributed by atoms with E-state index in [1.54, 1.807) is 18.4 Å². The van der Waals surface area contributed by atoms with Crippen LogP contribution in [0, 0.1) is 11.3 Å². The van der Waals surface area contributed by atoms with Gasteiger partial charge in [0.2, 0.25) is 5.91 Å². The van der Waals surface area contributed by atoms with E-state index in [-0.39, 0.29) is 25.0 Å². The molecule has 0 saturated carbocycles. The molecule has 0 aromatic carbocycles. The number of aliphatic hydroxyl groups is 1. The van der Waals surface area contributed by atoms with Crippen molar-refractivity contribution in [1.82, 2.24) is 10.2 Å². The average Bonchev–Trinajstić information content (AvgIpc) is 3.08. The molecular weight excluding hydrogens is 258 g/mol. The molecule has 2 N–H and O–H groups in total. The number of amides is 1. The average molecular weight is 277 g/mol. The second-order valence-electron chi connectivity index (χ2n) is 4.97. The topological polar surface area (TPSA) is 89.5 Å². The standard InChI is InChI=1S/C14H19N3O3/c15-5-6-16-14(19)10-17-7-1-3-11(17)9-12(18)13-4-2-8-20-13/h2,4,8,11-12,18H,1,3,6-7,9-10H2,(H,16,19). The van der Waals surface area contributed by atoms with Gasteiger partial charge in [0.25, 0.3) is 0 Å². The quantitative estimate of drug-likeness (QED) is 0.751. The number of likely N-dealkylation sites (tertiary alicyclic amines) is 1. The Balaban J connectivity index is 1.84. The highest BCUT2D eigenvalue weighted by Gasteiger charge is 2.29. The molecule has 0 radical (unpaired) electrons. The van der Waals surface area contributed by atoms with Crippen LogP contribution in [0.4, 0.5) is 0 Å². The molecule has 0 spiro atoms. The minimum absolute atomic E-state index is 0.0341. The lowest BCUT2D eigenvalue weighted by atomic mass is 10.1. The van der Waals surface area contributed by atoms with Gasteiger partial charge < -0.3 is 14.8 Å². The van der Waals surface area contributed by atoms with Gasteiger partial charge in [-0.3, -0.25) is 9.69 Å². The maximum atomic E-state index is 11.6. The van der Waals surface area contributed by atoms with Gasteiger partial charge in [0.15, 0.2) is 0 Å². The van der Waals surface area contributed by atoms with Gasteiger partial charge in [-0.25, -0.2) is 0 Å². The summed E-state index contributed by atoms with van der Waals surface area (Å²) in [5.74, 6) is 0.414. The second-order valence-corrected chi connectivity index (χ2v) is 4.97. The number of hydrogen-bond acceptors (Lipinski definition) is 5. The Bertz CT molecular complexity index is 467. The van der Waals surface area contributed by atoms with E-state index in [1.165, 1.54) is 0 Å². The van der Waals surface area contributed by atoms with E-state index in [2.05, 4.69) is 10.2 Å². The third kappa shape index (κ3) is 3.83. The SMILES string of the molecule is N#CCNC(=O)CN1CCCC1CC(O)c1ccco1. The molecular formula is C14H19N3O3. The number of rotatable bonds is 6. The van der Waals surface area contributed by atoms with Crippen LogP contribution >= 0.6 is 0 Å². The van der Waals surface area contributed by atoms with Crippen molar-refractivity contribution in [2.75, 3.05) is 19.6 Å². The van der Waals surface area contributed by atoms with Gasteiger partial charge in [-0.1, -0.05) is 0 Å². The highest BCUT2D eigenvalue weighted by molar-refractivity contribution is 5.78. The van der Waals surface area contributed by atoms with E-state index in [0.29, 0.717) is 12.2 Å². The number of carbonyl (C=O) groups excluding carboxylic acids is 1. The van der Waals surface area contributed by atoms with E-state index in [0.717, 1.165) is 19.4 Å². The fraction of sp³-hybridized carbons (Fsp3) is 0.571. The first-order chi connectivity index (χ1) is 9.70. The Hall–Kier alpha value is -1.84. The molecule has 0 aliphatic carbocycles. The molecule has 1 fully saturated rings. The van der Waals surface area contributed by atoms with Crippen LogP contribution in [-0.4, -0.2) is 41.6 Å². The van der Waals surface area contributed by atoms with Gasteiger partial charge >= 0.3 is 0 Å². The predicted molar refractivity (Wildman–Crippen MR) is 71.5 cm³/mol. The molecule has 2 rings (SSSR count). The molecule has 0 bridgehead atoms. The largest absolute Gasteiger partial charge is 0.467 e. The molecule has 2 heterocycles. The summed E-state index contributed by atoms with van der Waals surface area (Å²) in [4.78, 5) is 13.7. The Kier molecular flexibility index (Phi) is 5.16. The molecule has 1 aliphatic heterocycles. The van der Waals surface area contributed by atoms with Crippen molar-refractivity contribution in [1.29, 1.82) is 5.26 Å². The maximum absolute atomic E-state index is 11.6. The van der Waals surface area contributed by atoms with Crippen LogP contribution in [-0.2, 0) is 4.79 Å². The van der Waals surface area contributed by atoms with Gasteiger partial charge in [0, 0.05) is 6.04 Å². The lowest BCUT2D eigenvalue weighted by molar-refractivity contribution is -0.122. The predicted octanol–water partition coefficient (Wildman–Crippen LogP) is 0.807. The lowest BCUT2D eigenvalue weighted by Crippen LogP contribution is -2.40. The first kappa shape index (κ1) is 14.6. The highest BCUT2D eigenvalue weighted by atomic mass is 16.4. The first-order valence-electron chi connectivity index (χ1n) is 6.80. The lowest BCUT2D eigenvalue weighted by Gasteiger charge is -2.25. The van der Waals surface area contributed by atoms with Gasteiger partial charge in [-0.15, -0.1) is 0 Å². The van der Waals surface area contributed by atoms with Gasteiger partial charge in [0.1, 0.15) is 18.4 Å². The van der Waals surface area contributed by atoms with E-state index in [1.807, 2.05) is 6.07 Å². The van der Waals surface area contributed by atoms with Crippen LogP contribution in [0.5, 0.6) is 0 Å². The molecule has 1 aliphatic rings. The van der Waals surface area contributed by atoms with Crippen LogP contribution in [0.15, 0.2) is 22.8 Å². The monoisotopic (exact) mass is 277 g/mol. The van der Waals surface area contributed by atoms with Crippen LogP contribution < -0.4 is 5.32 Å². The molecule has 1 amide bonds. The van der Waals surface area contributed by atoms with Gasteiger partial charge in [-0.2, -0.15) is 5.26 Å². The summed E-state index contributed by atoms with van der Waals surface area (Å²) in [6, 6.07) is 5.56. The molecule has 6 nitrogen and oxygen atoms in total. The van der Waals surface area contributed by atoms with Crippen LogP contribution in [0.2, 0.25) is 0 Å². The fourth-order valence-corrected chi connectivity index (χ4v) is 2.60. The summed E-state index contributed by atoms with van der Waals surface area (Å²) < 4.78 is 5.19. The zero-order valence-electron chi connectivity index (χ0n) is 11.3. The van der Waals surface area contributed by atoms with E-state index < -0.39 is 6.10 Å². The fourth-order valence-electron chi connectivity index (χ4n) is 2.60. The van der Waals surface area contributed by atoms with E-state index in [4.69, 9.17) is 9.68 Å². The smallest absolute Gasteiger partial charge is 0.235 e. The van der Waals surface area contributed by atoms with Crippen molar-refractivity contribution < 1.29 is 14.3 Å². The molecule has 108 valence electrons. The Labute approximate surface area is 118 Å². The number of nitrogens with one attached hydrogen (secondary N) is 1. The third-order valence-electron chi connectivity index (χ3n) is 3.58. The first-order valence-corrected chi connectivity index (χ1v) is 6.80. The summed E-state index contributed by atoms with van der Waals surface area (Å²) in [6.45, 7) is 1.15. The molecule has 2 atom stereocenters. The third-order valence-corrected chi connectivity index (χ3v) is 3.58. The summed E-state index contributed by atoms with van der Waals surface area (Å²) >= 11 is 0. The number of carbonyl (C=O) groups is 1. The number of hydrogen-bond donors (Lipinski definition) is 2. The zero-order chi connectivity index (χ0) is 14.4. The van der Waals surface area contributed by atoms with Crippen LogP contribution in [0.25, 0.3) is 0 Å². The van der Waals surface area contributed by atoms with Crippen LogP contribution in [0.3, 0.4) is 0 Å². The van der Waals surface area contributed by atoms with Crippen molar-refractivity contribution in [3.05, 3.63) is 24.2 Å². The number of nitriles is 1. The van der Waals surface area contributed by atoms with Crippen molar-refractivity contribution in [3.8, 4) is 6.07 Å². The summed E-state index contributed by atoms with van der Waals surface area (Å²) in [6.07, 6.45) is 3.43. The highest BCUT2D eigenvalue weighted by Crippen LogP contribution is 2.27. The Morgan fingerprint density at radius 1 is 1.70 bits per heavy atom. The van der Waals surface area contributed by atoms with Crippen molar-refractivity contribution >= 4 is 5.91 Å². The zero-order valence-corrected chi connectivity index (χ0v) is 11.3. The maximum Gasteiger partial charge on any atom is 0.235 e. The van der Waals surface area contributed by atoms with E-state index in [9.17, 15) is 9.90 Å². The molecule has 2 unspecified atom stereocenters. The van der Waals surface area contributed by atoms with Crippen molar-refractivity contribution in [2.45, 2.75) is 31.4 Å². The van der Waals surface area contributed by atoms with E-state index >= 15 is 0 Å². The van der Waals surface area contributed by atoms with Gasteiger partial charge in [-0.05, 0) is 37.9 Å². The van der Waals surface area contributed by atoms with Crippen molar-refractivity contribution in [3.63, 3.8) is 0 Å². The summed E-state index contributed by atoms with van der Waals surface area (Å²) in [5, 5.41) is 21.1. The minimum atomic E-state index is -0.641. The van der Waals surface area contributed by atoms with Gasteiger partial charge in [0.05, 0.1) is 18.9 Å². The number of nitrogens with zero attached hydrogens (tertiary/aromatic N) is 2. The summed E-state index contributed by atoms with van der Waals surface area (Å²) in [5.41, 5.74) is 0. The number of aliphatic hydroxyl groups excluding tert-OH is 1. The molecule has 1 aromatic heterocycles. The normalized spacial score (nSPS) is 20.5. The molecule has 1 aromatic rings. The summed E-state index contributed by atoms with van der Waals surface area (Å²) in [7, 11) is 0. The van der Waals surface area contributed by atoms with Crippen LogP contribution in [0.1, 0.15) is 31.1 Å². The molecule has 20 heavy (non-hydrogen) atoms. The minimum Gasteiger partial charge on any atom is -0.467 e. The molecule has 1 saturated heterocycles.